The van der Waals surface area contributed by atoms with E-state index in [-0.39, 0.29) is 5.56 Å². The second-order valence-electron chi connectivity index (χ2n) is 9.45. The van der Waals surface area contributed by atoms with E-state index in [1.807, 2.05) is 13.1 Å². The Morgan fingerprint density at radius 3 is 2.76 bits per heavy atom. The number of alkyl halides is 2. The molecule has 0 bridgehead atoms. The molecule has 1 unspecified atom stereocenters. The average Bonchev–Trinajstić information content (AvgIpc) is 3.24. The second-order valence-corrected chi connectivity index (χ2v) is 9.45. The molecule has 5 rings (SSSR count). The number of halogens is 2. The molecule has 6 heteroatoms. The molecular weight excluding hydrogens is 420 g/mol. The van der Waals surface area contributed by atoms with Crippen LogP contribution in [0.2, 0.25) is 0 Å². The van der Waals surface area contributed by atoms with Crippen molar-refractivity contribution in [1.82, 2.24) is 9.78 Å². The van der Waals surface area contributed by atoms with Crippen LogP contribution in [0.3, 0.4) is 0 Å². The number of ether oxygens (including phenoxy) is 1. The molecule has 0 saturated carbocycles. The summed E-state index contributed by atoms with van der Waals surface area (Å²) in [6.07, 6.45) is 9.24. The van der Waals surface area contributed by atoms with Gasteiger partial charge in [0.2, 0.25) is 0 Å². The minimum Gasteiger partial charge on any atom is -0.377 e. The summed E-state index contributed by atoms with van der Waals surface area (Å²) in [6, 6.07) is 3.70. The molecule has 1 aliphatic carbocycles. The Bertz CT molecular complexity index is 1160. The third kappa shape index (κ3) is 4.17. The number of benzene rings is 1. The highest BCUT2D eigenvalue weighted by molar-refractivity contribution is 5.74. The summed E-state index contributed by atoms with van der Waals surface area (Å²) in [4.78, 5) is 2.30. The average molecular weight is 452 g/mol. The van der Waals surface area contributed by atoms with Crippen LogP contribution in [0.5, 0.6) is 0 Å². The molecule has 174 valence electrons. The minimum absolute atomic E-state index is 0.0804. The van der Waals surface area contributed by atoms with E-state index in [4.69, 9.17) is 4.74 Å². The maximum Gasteiger partial charge on any atom is 0.264 e. The summed E-state index contributed by atoms with van der Waals surface area (Å²) in [7, 11) is 1.81. The van der Waals surface area contributed by atoms with E-state index in [1.54, 1.807) is 23.1 Å². The fourth-order valence-corrected chi connectivity index (χ4v) is 5.48. The largest absolute Gasteiger partial charge is 0.377 e. The van der Waals surface area contributed by atoms with Gasteiger partial charge in [0.05, 0.1) is 19.4 Å². The number of rotatable bonds is 4. The Balaban J connectivity index is 1.59. The highest BCUT2D eigenvalue weighted by Crippen LogP contribution is 2.43. The van der Waals surface area contributed by atoms with Gasteiger partial charge in [-0.3, -0.25) is 4.68 Å². The van der Waals surface area contributed by atoms with Gasteiger partial charge in [0.15, 0.2) is 0 Å². The number of nitrogens with zero attached hydrogens (tertiary/aromatic N) is 3. The Kier molecular flexibility index (Phi) is 5.95. The van der Waals surface area contributed by atoms with Crippen LogP contribution in [0.25, 0.3) is 11.1 Å². The number of fused-ring (bicyclic) bond motifs is 1. The van der Waals surface area contributed by atoms with Crippen molar-refractivity contribution in [2.24, 2.45) is 13.0 Å². The van der Waals surface area contributed by atoms with Crippen LogP contribution < -0.4 is 4.90 Å². The van der Waals surface area contributed by atoms with Gasteiger partial charge in [-0.05, 0) is 73.1 Å². The maximum atomic E-state index is 14.2. The molecule has 4 nitrogen and oxygen atoms in total. The van der Waals surface area contributed by atoms with E-state index in [0.29, 0.717) is 18.1 Å². The van der Waals surface area contributed by atoms with Gasteiger partial charge < -0.3 is 9.64 Å². The lowest BCUT2D eigenvalue weighted by molar-refractivity contribution is 0.152. The first-order chi connectivity index (χ1) is 15.9. The van der Waals surface area contributed by atoms with Crippen molar-refractivity contribution < 1.29 is 13.5 Å². The van der Waals surface area contributed by atoms with Gasteiger partial charge in [-0.15, -0.1) is 0 Å². The van der Waals surface area contributed by atoms with E-state index in [9.17, 15) is 8.78 Å². The van der Waals surface area contributed by atoms with Gasteiger partial charge in [-0.1, -0.05) is 18.6 Å². The number of anilines is 1. The molecule has 1 atom stereocenters. The SMILES string of the molecule is CC1=C(C2=CCOCC2)C=C(N2CCCc3cc(-c4cnn(C)c4)c(C(F)F)cc32)C(C)C1. The van der Waals surface area contributed by atoms with Crippen LogP contribution >= 0.6 is 0 Å². The standard InChI is InChI=1S/C27H31F2N3O/c1-17-11-18(2)25(13-22(17)19-6-9-33-10-7-19)32-8-4-5-20-12-23(21-15-30-31(3)16-21)24(27(28)29)14-26(20)32/h6,12-16,18,27H,4-5,7-11H2,1-3H3. The number of hydrogen-bond donors (Lipinski definition) is 0. The van der Waals surface area contributed by atoms with Gasteiger partial charge in [0.1, 0.15) is 0 Å². The van der Waals surface area contributed by atoms with Crippen molar-refractivity contribution in [2.45, 2.75) is 46.0 Å². The smallest absolute Gasteiger partial charge is 0.264 e. The summed E-state index contributed by atoms with van der Waals surface area (Å²) in [6.45, 7) is 6.73. The number of aromatic nitrogens is 2. The molecule has 0 N–H and O–H groups in total. The molecule has 0 fully saturated rings. The highest BCUT2D eigenvalue weighted by Gasteiger charge is 2.30. The molecular formula is C27H31F2N3O. The van der Waals surface area contributed by atoms with E-state index < -0.39 is 6.43 Å². The lowest BCUT2D eigenvalue weighted by Crippen LogP contribution is -2.33. The zero-order valence-corrected chi connectivity index (χ0v) is 19.6. The zero-order chi connectivity index (χ0) is 23.1. The fraction of sp³-hybridized carbons (Fsp3) is 0.444. The molecule has 3 aliphatic rings. The van der Waals surface area contributed by atoms with Crippen molar-refractivity contribution in [1.29, 1.82) is 0 Å². The molecule has 0 saturated heterocycles. The summed E-state index contributed by atoms with van der Waals surface area (Å²) < 4.78 is 35.6. The van der Waals surface area contributed by atoms with Crippen LogP contribution in [-0.2, 0) is 18.2 Å². The van der Waals surface area contributed by atoms with Crippen molar-refractivity contribution in [2.75, 3.05) is 24.7 Å². The third-order valence-electron chi connectivity index (χ3n) is 7.11. The molecule has 1 aromatic carbocycles. The van der Waals surface area contributed by atoms with Crippen molar-refractivity contribution in [3.63, 3.8) is 0 Å². The molecule has 3 heterocycles. The van der Waals surface area contributed by atoms with E-state index >= 15 is 0 Å². The first kappa shape index (κ1) is 22.1. The Morgan fingerprint density at radius 2 is 2.06 bits per heavy atom. The van der Waals surface area contributed by atoms with Crippen LogP contribution in [0.1, 0.15) is 50.7 Å². The molecule has 0 spiro atoms. The van der Waals surface area contributed by atoms with Gasteiger partial charge in [0.25, 0.3) is 6.43 Å². The molecule has 1 aromatic heterocycles. The van der Waals surface area contributed by atoms with E-state index in [1.165, 1.54) is 22.4 Å². The van der Waals surface area contributed by atoms with Crippen LogP contribution in [0.4, 0.5) is 14.5 Å². The monoisotopic (exact) mass is 451 g/mol. The lowest BCUT2D eigenvalue weighted by atomic mass is 9.83. The van der Waals surface area contributed by atoms with Crippen LogP contribution in [-0.4, -0.2) is 29.5 Å². The van der Waals surface area contributed by atoms with Crippen LogP contribution in [0, 0.1) is 5.92 Å². The topological polar surface area (TPSA) is 30.3 Å². The fourth-order valence-electron chi connectivity index (χ4n) is 5.48. The summed E-state index contributed by atoms with van der Waals surface area (Å²) >= 11 is 0. The van der Waals surface area contributed by atoms with E-state index in [0.717, 1.165) is 55.6 Å². The first-order valence-electron chi connectivity index (χ1n) is 11.8. The quantitative estimate of drug-likeness (QED) is 0.542. The van der Waals surface area contributed by atoms with E-state index in [2.05, 4.69) is 36.0 Å². The Labute approximate surface area is 194 Å². The van der Waals surface area contributed by atoms with Gasteiger partial charge in [0, 0.05) is 48.2 Å². The lowest BCUT2D eigenvalue weighted by Gasteiger charge is -2.39. The summed E-state index contributed by atoms with van der Waals surface area (Å²) in [5.74, 6) is 0.341. The number of allylic oxidation sites excluding steroid dienone is 4. The Morgan fingerprint density at radius 1 is 1.21 bits per heavy atom. The zero-order valence-electron chi connectivity index (χ0n) is 19.6. The third-order valence-corrected chi connectivity index (χ3v) is 7.11. The predicted molar refractivity (Wildman–Crippen MR) is 127 cm³/mol. The number of hydrogen-bond acceptors (Lipinski definition) is 3. The highest BCUT2D eigenvalue weighted by atomic mass is 19.3. The van der Waals surface area contributed by atoms with Gasteiger partial charge in [-0.2, -0.15) is 5.10 Å². The normalized spacial score (nSPS) is 21.3. The summed E-state index contributed by atoms with van der Waals surface area (Å²) in [5.41, 5.74) is 8.77. The van der Waals surface area contributed by atoms with Crippen molar-refractivity contribution in [3.05, 3.63) is 70.2 Å². The predicted octanol–water partition coefficient (Wildman–Crippen LogP) is 6.36. The maximum absolute atomic E-state index is 14.2. The second kappa shape index (κ2) is 8.90. The molecule has 33 heavy (non-hydrogen) atoms. The van der Waals surface area contributed by atoms with Gasteiger partial charge >= 0.3 is 0 Å². The first-order valence-corrected chi connectivity index (χ1v) is 11.8. The molecule has 0 amide bonds. The molecule has 2 aliphatic heterocycles. The Hall–Kier alpha value is -2.73. The van der Waals surface area contributed by atoms with Crippen molar-refractivity contribution in [3.8, 4) is 11.1 Å². The van der Waals surface area contributed by atoms with Crippen LogP contribution in [0.15, 0.2) is 59.1 Å². The van der Waals surface area contributed by atoms with Gasteiger partial charge in [-0.25, -0.2) is 8.78 Å². The van der Waals surface area contributed by atoms with Crippen molar-refractivity contribution >= 4 is 5.69 Å². The summed E-state index contributed by atoms with van der Waals surface area (Å²) in [5, 5.41) is 4.20. The molecule has 0 radical (unpaired) electrons. The molecule has 2 aromatic rings. The number of aryl methyl sites for hydroxylation is 2. The minimum atomic E-state index is -2.54.